The highest BCUT2D eigenvalue weighted by molar-refractivity contribution is 6.34. The van der Waals surface area contributed by atoms with Crippen molar-refractivity contribution in [2.45, 2.75) is 12.5 Å². The third-order valence-electron chi connectivity index (χ3n) is 5.32. The van der Waals surface area contributed by atoms with Crippen molar-refractivity contribution in [3.63, 3.8) is 0 Å². The van der Waals surface area contributed by atoms with Crippen LogP contribution in [0.1, 0.15) is 16.7 Å². The topological polar surface area (TPSA) is 99.9 Å². The van der Waals surface area contributed by atoms with Gasteiger partial charge in [-0.3, -0.25) is 9.59 Å². The summed E-state index contributed by atoms with van der Waals surface area (Å²) in [5.74, 6) is 1.10. The summed E-state index contributed by atoms with van der Waals surface area (Å²) in [6.45, 7) is 0. The van der Waals surface area contributed by atoms with Gasteiger partial charge in [-0.25, -0.2) is 0 Å². The summed E-state index contributed by atoms with van der Waals surface area (Å²) in [5.41, 5.74) is 9.79. The summed E-state index contributed by atoms with van der Waals surface area (Å²) in [4.78, 5) is 23.9. The maximum absolute atomic E-state index is 12.4. The van der Waals surface area contributed by atoms with E-state index in [9.17, 15) is 9.59 Å². The smallest absolute Gasteiger partial charge is 0.322 e. The zero-order valence-electron chi connectivity index (χ0n) is 18.3. The summed E-state index contributed by atoms with van der Waals surface area (Å²) in [6.07, 6.45) is 2.20. The zero-order valence-corrected chi connectivity index (χ0v) is 18.3. The van der Waals surface area contributed by atoms with Crippen LogP contribution in [0.2, 0.25) is 0 Å². The SMILES string of the molecule is COC(=O)C(N)Cc1ccc(Oc2ccc(/C=C3/C(=O)Nc4ccccc43)cc2OC)cc1. The molecule has 1 aliphatic rings. The van der Waals surface area contributed by atoms with E-state index in [1.807, 2.05) is 54.6 Å². The molecule has 0 bridgehead atoms. The Balaban J connectivity index is 1.51. The van der Waals surface area contributed by atoms with E-state index in [1.54, 1.807) is 25.3 Å². The molecule has 4 rings (SSSR count). The van der Waals surface area contributed by atoms with Gasteiger partial charge in [0.2, 0.25) is 0 Å². The van der Waals surface area contributed by atoms with Gasteiger partial charge in [0, 0.05) is 16.8 Å². The van der Waals surface area contributed by atoms with Crippen LogP contribution in [-0.2, 0) is 20.7 Å². The number of carbonyl (C=O) groups excluding carboxylic acids is 2. The second kappa shape index (κ2) is 9.58. The Hall–Kier alpha value is -4.10. The molecule has 0 radical (unpaired) electrons. The molecule has 1 amide bonds. The maximum atomic E-state index is 12.4. The van der Waals surface area contributed by atoms with Crippen LogP contribution in [0.5, 0.6) is 17.2 Å². The Morgan fingerprint density at radius 1 is 1.03 bits per heavy atom. The Bertz CT molecular complexity index is 1220. The molecule has 1 aliphatic heterocycles. The molecular formula is C26H24N2O5. The number of methoxy groups -OCH3 is 2. The number of rotatable bonds is 7. The Morgan fingerprint density at radius 3 is 2.52 bits per heavy atom. The molecule has 0 fully saturated rings. The second-order valence-corrected chi connectivity index (χ2v) is 7.55. The first-order valence-corrected chi connectivity index (χ1v) is 10.4. The first kappa shape index (κ1) is 22.1. The molecule has 0 spiro atoms. The first-order chi connectivity index (χ1) is 16.0. The minimum Gasteiger partial charge on any atom is -0.493 e. The van der Waals surface area contributed by atoms with Crippen molar-refractivity contribution in [2.24, 2.45) is 5.73 Å². The molecule has 3 aromatic rings. The molecule has 1 heterocycles. The molecule has 168 valence electrons. The average molecular weight is 444 g/mol. The lowest BCUT2D eigenvalue weighted by Crippen LogP contribution is -2.33. The molecule has 3 N–H and O–H groups in total. The highest BCUT2D eigenvalue weighted by Crippen LogP contribution is 2.36. The van der Waals surface area contributed by atoms with Crippen molar-refractivity contribution < 1.29 is 23.8 Å². The minimum absolute atomic E-state index is 0.137. The highest BCUT2D eigenvalue weighted by Gasteiger charge is 2.23. The van der Waals surface area contributed by atoms with E-state index < -0.39 is 12.0 Å². The lowest BCUT2D eigenvalue weighted by atomic mass is 10.0. The van der Waals surface area contributed by atoms with Gasteiger partial charge in [-0.1, -0.05) is 36.4 Å². The van der Waals surface area contributed by atoms with Gasteiger partial charge in [-0.15, -0.1) is 0 Å². The van der Waals surface area contributed by atoms with Crippen LogP contribution in [0.4, 0.5) is 5.69 Å². The number of hydrogen-bond donors (Lipinski definition) is 2. The molecule has 0 aromatic heterocycles. The summed E-state index contributed by atoms with van der Waals surface area (Å²) in [6, 6.07) is 19.6. The summed E-state index contributed by atoms with van der Waals surface area (Å²) < 4.78 is 16.2. The monoisotopic (exact) mass is 444 g/mol. The van der Waals surface area contributed by atoms with Crippen molar-refractivity contribution >= 4 is 29.2 Å². The lowest BCUT2D eigenvalue weighted by molar-refractivity contribution is -0.142. The number of ether oxygens (including phenoxy) is 3. The second-order valence-electron chi connectivity index (χ2n) is 7.55. The van der Waals surface area contributed by atoms with Gasteiger partial charge < -0.3 is 25.3 Å². The summed E-state index contributed by atoms with van der Waals surface area (Å²) in [7, 11) is 2.88. The third-order valence-corrected chi connectivity index (χ3v) is 5.32. The number of anilines is 1. The first-order valence-electron chi connectivity index (χ1n) is 10.4. The predicted octanol–water partition coefficient (Wildman–Crippen LogP) is 4.02. The fourth-order valence-electron chi connectivity index (χ4n) is 3.62. The van der Waals surface area contributed by atoms with Crippen molar-refractivity contribution in [1.82, 2.24) is 0 Å². The number of fused-ring (bicyclic) bond motifs is 1. The van der Waals surface area contributed by atoms with Gasteiger partial charge in [0.25, 0.3) is 5.91 Å². The fraction of sp³-hybridized carbons (Fsp3) is 0.154. The molecule has 33 heavy (non-hydrogen) atoms. The van der Waals surface area contributed by atoms with Gasteiger partial charge in [-0.05, 0) is 54.0 Å². The Morgan fingerprint density at radius 2 is 1.79 bits per heavy atom. The van der Waals surface area contributed by atoms with Crippen molar-refractivity contribution in [2.75, 3.05) is 19.5 Å². The van der Waals surface area contributed by atoms with E-state index in [-0.39, 0.29) is 5.91 Å². The number of benzene rings is 3. The van der Waals surface area contributed by atoms with Crippen molar-refractivity contribution in [1.29, 1.82) is 0 Å². The number of nitrogens with two attached hydrogens (primary N) is 1. The third kappa shape index (κ3) is 4.88. The Kier molecular flexibility index (Phi) is 6.42. The quantitative estimate of drug-likeness (QED) is 0.422. The largest absolute Gasteiger partial charge is 0.493 e. The summed E-state index contributed by atoms with van der Waals surface area (Å²) in [5, 5.41) is 2.87. The van der Waals surface area contributed by atoms with Crippen LogP contribution in [-0.4, -0.2) is 32.1 Å². The van der Waals surface area contributed by atoms with Gasteiger partial charge in [0.15, 0.2) is 11.5 Å². The molecule has 7 nitrogen and oxygen atoms in total. The van der Waals surface area contributed by atoms with E-state index in [4.69, 9.17) is 15.2 Å². The number of amides is 1. The van der Waals surface area contributed by atoms with Gasteiger partial charge in [0.1, 0.15) is 11.8 Å². The number of nitrogens with one attached hydrogen (secondary N) is 1. The van der Waals surface area contributed by atoms with Crippen LogP contribution in [0.25, 0.3) is 11.6 Å². The summed E-state index contributed by atoms with van der Waals surface area (Å²) >= 11 is 0. The molecule has 0 aliphatic carbocycles. The molecule has 0 saturated carbocycles. The number of carbonyl (C=O) groups is 2. The van der Waals surface area contributed by atoms with Crippen LogP contribution in [0.3, 0.4) is 0 Å². The lowest BCUT2D eigenvalue weighted by Gasteiger charge is -2.13. The normalized spacial score (nSPS) is 14.4. The van der Waals surface area contributed by atoms with Crippen LogP contribution in [0.15, 0.2) is 66.7 Å². The number of para-hydroxylation sites is 1. The van der Waals surface area contributed by atoms with Crippen LogP contribution in [0, 0.1) is 0 Å². The minimum atomic E-state index is -0.711. The van der Waals surface area contributed by atoms with Crippen LogP contribution < -0.4 is 20.5 Å². The van der Waals surface area contributed by atoms with Gasteiger partial charge in [-0.2, -0.15) is 0 Å². The van der Waals surface area contributed by atoms with Gasteiger partial charge in [0.05, 0.1) is 14.2 Å². The van der Waals surface area contributed by atoms with Gasteiger partial charge >= 0.3 is 5.97 Å². The molecule has 1 unspecified atom stereocenters. The van der Waals surface area contributed by atoms with E-state index in [0.717, 1.165) is 22.4 Å². The van der Waals surface area contributed by atoms with E-state index in [0.29, 0.717) is 29.2 Å². The van der Waals surface area contributed by atoms with E-state index >= 15 is 0 Å². The fourth-order valence-corrected chi connectivity index (χ4v) is 3.62. The van der Waals surface area contributed by atoms with Crippen LogP contribution >= 0.6 is 0 Å². The number of esters is 1. The molecule has 1 atom stereocenters. The average Bonchev–Trinajstić information content (AvgIpc) is 3.15. The van der Waals surface area contributed by atoms with E-state index in [2.05, 4.69) is 10.1 Å². The maximum Gasteiger partial charge on any atom is 0.322 e. The molecule has 3 aromatic carbocycles. The van der Waals surface area contributed by atoms with Crippen molar-refractivity contribution in [3.8, 4) is 17.2 Å². The molecule has 7 heteroatoms. The van der Waals surface area contributed by atoms with E-state index in [1.165, 1.54) is 7.11 Å². The Labute approximate surface area is 191 Å². The molecule has 0 saturated heterocycles. The molecular weight excluding hydrogens is 420 g/mol. The standard InChI is InChI=1S/C26H24N2O5/c1-31-24-15-17(13-20-19-5-3-4-6-22(19)28-25(20)29)9-12-23(24)33-18-10-7-16(8-11-18)14-21(27)26(30)32-2/h3-13,15,21H,14,27H2,1-2H3,(H,28,29)/b20-13+. The number of hydrogen-bond acceptors (Lipinski definition) is 6. The van der Waals surface area contributed by atoms with Crippen molar-refractivity contribution in [3.05, 3.63) is 83.4 Å². The predicted molar refractivity (Wildman–Crippen MR) is 126 cm³/mol. The highest BCUT2D eigenvalue weighted by atomic mass is 16.5. The zero-order chi connectivity index (χ0) is 23.4.